The smallest absolute Gasteiger partial charge is 0.772 e. The van der Waals surface area contributed by atoms with Crippen LogP contribution in [-0.2, 0) is 13.7 Å². The van der Waals surface area contributed by atoms with Gasteiger partial charge in [-0.05, 0) is 0 Å². The van der Waals surface area contributed by atoms with Gasteiger partial charge in [-0.1, -0.05) is 0 Å². The zero-order chi connectivity index (χ0) is 8.12. The number of hydrogen-bond acceptors (Lipinski definition) is 6. The van der Waals surface area contributed by atoms with E-state index < -0.39 is 26.1 Å². The molecule has 0 unspecified atom stereocenters. The molecular formula is CeO6P3. The van der Waals surface area contributed by atoms with Crippen LogP contribution in [0.4, 0.5) is 0 Å². The summed E-state index contributed by atoms with van der Waals surface area (Å²) < 4.78 is 25.0. The van der Waals surface area contributed by atoms with E-state index in [0.717, 1.165) is 0 Å². The number of rotatable bonds is 0. The van der Waals surface area contributed by atoms with Crippen LogP contribution in [-0.4, -0.2) is 0 Å². The predicted molar refractivity (Wildman–Crippen MR) is 22.8 cm³/mol. The Morgan fingerprint density at radius 2 is 0.700 bits per heavy atom. The van der Waals surface area contributed by atoms with Gasteiger partial charge in [0.15, 0.2) is 0 Å². The first kappa shape index (κ1) is 22.6. The molecule has 10 heteroatoms. The average molecular weight is 329 g/mol. The van der Waals surface area contributed by atoms with Crippen molar-refractivity contribution in [3.63, 3.8) is 0 Å². The van der Waals surface area contributed by atoms with Gasteiger partial charge in [-0.2, -0.15) is 0 Å². The molecule has 0 saturated carbocycles. The maximum absolute atomic E-state index is 8.35. The second-order valence-electron chi connectivity index (χ2n) is 0.224. The third-order valence-corrected chi connectivity index (χ3v) is 0. The van der Waals surface area contributed by atoms with Crippen molar-refractivity contribution in [2.24, 2.45) is 0 Å². The van der Waals surface area contributed by atoms with E-state index in [-0.39, 0.29) is 41.7 Å². The fourth-order valence-electron chi connectivity index (χ4n) is 0. The van der Waals surface area contributed by atoms with Gasteiger partial charge in [0.25, 0.3) is 0 Å². The minimum Gasteiger partial charge on any atom is -0.772 e. The molecule has 0 spiro atoms. The van der Waals surface area contributed by atoms with E-state index in [2.05, 4.69) is 0 Å². The van der Waals surface area contributed by atoms with Crippen molar-refractivity contribution >= 4 is 26.1 Å². The van der Waals surface area contributed by atoms with Gasteiger partial charge >= 0.3 is 41.7 Å². The Balaban J connectivity index is -0.0000000257. The first-order valence-electron chi connectivity index (χ1n) is 1.10. The van der Waals surface area contributed by atoms with Crippen LogP contribution in [0.3, 0.4) is 0 Å². The molecule has 0 rings (SSSR count). The predicted octanol–water partition coefficient (Wildman–Crippen LogP) is -1.34. The fourth-order valence-corrected chi connectivity index (χ4v) is 0. The molecule has 0 saturated heterocycles. The molecule has 0 heterocycles. The van der Waals surface area contributed by atoms with Gasteiger partial charge in [0.2, 0.25) is 0 Å². The Kier molecular flexibility index (Phi) is 105. The molecular weight excluding hydrogens is 329 g/mol. The van der Waals surface area contributed by atoms with Crippen molar-refractivity contribution in [1.82, 2.24) is 0 Å². The van der Waals surface area contributed by atoms with Gasteiger partial charge < -0.3 is 14.7 Å². The topological polar surface area (TPSA) is 120 Å². The van der Waals surface area contributed by atoms with Gasteiger partial charge in [0, 0.05) is 0 Å². The summed E-state index contributed by atoms with van der Waals surface area (Å²) in [4.78, 5) is 25.0. The molecule has 0 atom stereocenters. The van der Waals surface area contributed by atoms with Gasteiger partial charge in [-0.15, -0.1) is 0 Å². The van der Waals surface area contributed by atoms with Crippen LogP contribution in [0.2, 0.25) is 0 Å². The maximum atomic E-state index is 8.35. The average Bonchev–Trinajstić information content (AvgIpc) is 1.70. The largest absolute Gasteiger partial charge is 3.00 e. The first-order valence-corrected chi connectivity index (χ1v) is 3.29. The SMILES string of the molecule is O=P[O-].O=P[O-].O=P[O-].[Ce+3]. The zero-order valence-electron chi connectivity index (χ0n) is 4.29. The van der Waals surface area contributed by atoms with Gasteiger partial charge in [-0.25, -0.2) is 0 Å². The summed E-state index contributed by atoms with van der Waals surface area (Å²) >= 11 is 0. The van der Waals surface area contributed by atoms with Crippen molar-refractivity contribution in [1.29, 1.82) is 0 Å². The maximum Gasteiger partial charge on any atom is 3.00 e. The molecule has 0 aromatic heterocycles. The monoisotopic (exact) mass is 329 g/mol. The Bertz CT molecular complexity index is 49.7. The third kappa shape index (κ3) is 289. The van der Waals surface area contributed by atoms with Gasteiger partial charge in [0.05, 0.1) is 26.1 Å². The Labute approximate surface area is 95.3 Å². The molecule has 6 nitrogen and oxygen atoms in total. The standard InChI is InChI=1S/Ce.3HO2P/c;3*1-3-2/h;3*(H,1,2)/q+3;;;/p-3. The Hall–Kier alpha value is 1.56. The van der Waals surface area contributed by atoms with E-state index in [0.29, 0.717) is 0 Å². The van der Waals surface area contributed by atoms with E-state index in [1.807, 2.05) is 0 Å². The summed E-state index contributed by atoms with van der Waals surface area (Å²) in [7, 11) is -3.25. The normalized spacial score (nSPS) is 6.30. The van der Waals surface area contributed by atoms with E-state index in [1.165, 1.54) is 0 Å². The van der Waals surface area contributed by atoms with Crippen LogP contribution in [0.25, 0.3) is 0 Å². The summed E-state index contributed by atoms with van der Waals surface area (Å²) in [6.45, 7) is 0. The summed E-state index contributed by atoms with van der Waals surface area (Å²) in [6, 6.07) is 0. The Morgan fingerprint density at radius 3 is 0.700 bits per heavy atom. The molecule has 0 aliphatic rings. The molecule has 0 bridgehead atoms. The fraction of sp³-hybridized carbons (Fsp3) is 0. The van der Waals surface area contributed by atoms with E-state index >= 15 is 0 Å². The third-order valence-electron chi connectivity index (χ3n) is 0. The molecule has 0 amide bonds. The van der Waals surface area contributed by atoms with Crippen molar-refractivity contribution in [3.05, 3.63) is 0 Å². The van der Waals surface area contributed by atoms with Crippen LogP contribution in [0.15, 0.2) is 0 Å². The molecule has 0 aliphatic heterocycles. The van der Waals surface area contributed by atoms with Crippen molar-refractivity contribution in [2.45, 2.75) is 0 Å². The molecule has 0 N–H and O–H groups in total. The molecule has 0 aromatic carbocycles. The van der Waals surface area contributed by atoms with Crippen LogP contribution >= 0.6 is 26.1 Å². The minimum atomic E-state index is -1.08. The summed E-state index contributed by atoms with van der Waals surface area (Å²) in [5, 5.41) is 0. The van der Waals surface area contributed by atoms with Crippen molar-refractivity contribution < 1.29 is 70.1 Å². The zero-order valence-corrected chi connectivity index (χ0v) is 10.1. The number of hydrogen-bond donors (Lipinski definition) is 0. The van der Waals surface area contributed by atoms with Crippen LogP contribution in [0, 0.1) is 41.7 Å². The van der Waals surface area contributed by atoms with E-state index in [4.69, 9.17) is 28.4 Å². The van der Waals surface area contributed by atoms with Gasteiger partial charge in [-0.3, -0.25) is 13.7 Å². The van der Waals surface area contributed by atoms with Gasteiger partial charge in [0.1, 0.15) is 0 Å². The summed E-state index contributed by atoms with van der Waals surface area (Å²) in [5.74, 6) is 0. The second kappa shape index (κ2) is 46.4. The molecule has 0 aromatic rings. The second-order valence-corrected chi connectivity index (χ2v) is 0.671. The summed E-state index contributed by atoms with van der Waals surface area (Å²) in [6.07, 6.45) is 0. The Morgan fingerprint density at radius 1 is 0.700 bits per heavy atom. The van der Waals surface area contributed by atoms with Crippen LogP contribution in [0.5, 0.6) is 0 Å². The quantitative estimate of drug-likeness (QED) is 0.507. The molecule has 10 heavy (non-hydrogen) atoms. The molecule has 0 aliphatic carbocycles. The molecule has 55 valence electrons. The van der Waals surface area contributed by atoms with E-state index in [9.17, 15) is 0 Å². The van der Waals surface area contributed by atoms with E-state index in [1.54, 1.807) is 0 Å². The molecule has 0 fully saturated rings. The van der Waals surface area contributed by atoms with Crippen molar-refractivity contribution in [2.75, 3.05) is 0 Å². The summed E-state index contributed by atoms with van der Waals surface area (Å²) in [5.41, 5.74) is 0. The van der Waals surface area contributed by atoms with Crippen LogP contribution < -0.4 is 14.7 Å². The van der Waals surface area contributed by atoms with Crippen molar-refractivity contribution in [3.8, 4) is 0 Å². The molecule has 1 radical (unpaired) electrons. The first-order chi connectivity index (χ1) is 4.24. The minimum absolute atomic E-state index is 0. The van der Waals surface area contributed by atoms with Crippen LogP contribution in [0.1, 0.15) is 0 Å².